The second-order valence-corrected chi connectivity index (χ2v) is 6.74. The van der Waals surface area contributed by atoms with Crippen molar-refractivity contribution in [1.29, 1.82) is 0 Å². The smallest absolute Gasteiger partial charge is 0.311 e. The molecule has 2 aromatic carbocycles. The summed E-state index contributed by atoms with van der Waals surface area (Å²) in [6, 6.07) is 13.9. The molecule has 0 aliphatic carbocycles. The Morgan fingerprint density at radius 2 is 1.78 bits per heavy atom. The molecule has 27 heavy (non-hydrogen) atoms. The van der Waals surface area contributed by atoms with Crippen molar-refractivity contribution >= 4 is 27.7 Å². The molecule has 3 aromatic rings. The zero-order chi connectivity index (χ0) is 19.4. The van der Waals surface area contributed by atoms with Crippen LogP contribution in [-0.4, -0.2) is 15.7 Å². The van der Waals surface area contributed by atoms with Gasteiger partial charge in [-0.15, -0.1) is 0 Å². The van der Waals surface area contributed by atoms with Crippen LogP contribution in [0.5, 0.6) is 0 Å². The van der Waals surface area contributed by atoms with E-state index in [1.54, 1.807) is 16.9 Å². The third-order valence-electron chi connectivity index (χ3n) is 3.91. The highest BCUT2D eigenvalue weighted by Crippen LogP contribution is 2.29. The summed E-state index contributed by atoms with van der Waals surface area (Å²) in [6.07, 6.45) is -2.85. The van der Waals surface area contributed by atoms with Crippen LogP contribution in [0, 0.1) is 0 Å². The maximum absolute atomic E-state index is 12.6. The highest BCUT2D eigenvalue weighted by Gasteiger charge is 2.29. The van der Waals surface area contributed by atoms with E-state index >= 15 is 0 Å². The Hall–Kier alpha value is -2.61. The van der Waals surface area contributed by atoms with E-state index in [2.05, 4.69) is 26.3 Å². The molecular formula is C19H15BrF3N3O. The van der Waals surface area contributed by atoms with E-state index in [1.165, 1.54) is 12.1 Å². The molecule has 0 spiro atoms. The first-order valence-corrected chi connectivity index (χ1v) is 8.83. The number of nitrogens with zero attached hydrogens (tertiary/aromatic N) is 2. The number of amides is 1. The predicted octanol–water partition coefficient (Wildman–Crippen LogP) is 4.89. The van der Waals surface area contributed by atoms with E-state index in [1.807, 2.05) is 24.3 Å². The Morgan fingerprint density at radius 1 is 1.07 bits per heavy atom. The first-order chi connectivity index (χ1) is 12.8. The number of aromatic nitrogens is 2. The van der Waals surface area contributed by atoms with Crippen molar-refractivity contribution in [2.75, 3.05) is 5.32 Å². The lowest BCUT2D eigenvalue weighted by molar-refractivity contribution is -0.137. The van der Waals surface area contributed by atoms with Crippen LogP contribution >= 0.6 is 15.9 Å². The Balaban J connectivity index is 1.65. The van der Waals surface area contributed by atoms with Crippen LogP contribution in [0.15, 0.2) is 65.3 Å². The van der Waals surface area contributed by atoms with Gasteiger partial charge in [-0.3, -0.25) is 4.79 Å². The van der Waals surface area contributed by atoms with Gasteiger partial charge in [0.2, 0.25) is 5.91 Å². The quantitative estimate of drug-likeness (QED) is 0.617. The molecule has 0 bridgehead atoms. The molecule has 0 radical (unpaired) electrons. The topological polar surface area (TPSA) is 46.9 Å². The molecule has 1 aromatic heterocycles. The van der Waals surface area contributed by atoms with Gasteiger partial charge in [0.05, 0.1) is 24.7 Å². The lowest BCUT2D eigenvalue weighted by atomic mass is 10.1. The Kier molecular flexibility index (Phi) is 5.65. The summed E-state index contributed by atoms with van der Waals surface area (Å²) in [5.74, 6) is 0.186. The third-order valence-corrected chi connectivity index (χ3v) is 4.68. The lowest BCUT2D eigenvalue weighted by Gasteiger charge is -2.11. The van der Waals surface area contributed by atoms with Crippen molar-refractivity contribution < 1.29 is 18.0 Å². The molecular weight excluding hydrogens is 423 g/mol. The number of halogens is 4. The van der Waals surface area contributed by atoms with E-state index < -0.39 is 11.7 Å². The van der Waals surface area contributed by atoms with Crippen LogP contribution in [0.25, 0.3) is 0 Å². The van der Waals surface area contributed by atoms with Crippen LogP contribution in [0.4, 0.5) is 19.0 Å². The van der Waals surface area contributed by atoms with Crippen LogP contribution in [0.1, 0.15) is 16.7 Å². The number of nitrogens with one attached hydrogen (secondary N) is 1. The zero-order valence-corrected chi connectivity index (χ0v) is 15.6. The largest absolute Gasteiger partial charge is 0.416 e. The van der Waals surface area contributed by atoms with Gasteiger partial charge < -0.3 is 5.32 Å². The number of carbonyl (C=O) groups is 1. The average molecular weight is 438 g/mol. The van der Waals surface area contributed by atoms with E-state index in [-0.39, 0.29) is 12.3 Å². The predicted molar refractivity (Wildman–Crippen MR) is 99.2 cm³/mol. The molecule has 0 aliphatic heterocycles. The molecule has 0 aliphatic rings. The standard InChI is InChI=1S/C19H15BrF3N3O/c20-16-4-2-1-3-14(16)12-26-17(9-10-24-26)25-18(27)11-13-5-7-15(8-6-13)19(21,22)23/h1-10H,11-12H2,(H,25,27). The van der Waals surface area contributed by atoms with Gasteiger partial charge in [-0.05, 0) is 29.3 Å². The monoisotopic (exact) mass is 437 g/mol. The molecule has 8 heteroatoms. The normalized spacial score (nSPS) is 11.4. The van der Waals surface area contributed by atoms with Gasteiger partial charge in [-0.2, -0.15) is 18.3 Å². The molecule has 4 nitrogen and oxygen atoms in total. The number of carbonyl (C=O) groups excluding carboxylic acids is 1. The van der Waals surface area contributed by atoms with Crippen molar-refractivity contribution in [3.8, 4) is 0 Å². The van der Waals surface area contributed by atoms with Gasteiger partial charge in [-0.25, -0.2) is 4.68 Å². The summed E-state index contributed by atoms with van der Waals surface area (Å²) in [5.41, 5.74) is 0.759. The molecule has 3 rings (SSSR count). The van der Waals surface area contributed by atoms with Crippen LogP contribution < -0.4 is 5.32 Å². The Bertz CT molecular complexity index is 936. The Morgan fingerprint density at radius 3 is 2.44 bits per heavy atom. The van der Waals surface area contributed by atoms with Crippen molar-refractivity contribution in [2.24, 2.45) is 0 Å². The molecule has 0 atom stereocenters. The van der Waals surface area contributed by atoms with E-state index in [0.29, 0.717) is 17.9 Å². The van der Waals surface area contributed by atoms with E-state index in [4.69, 9.17) is 0 Å². The molecule has 1 amide bonds. The number of hydrogen-bond acceptors (Lipinski definition) is 2. The summed E-state index contributed by atoms with van der Waals surface area (Å²) >= 11 is 3.47. The molecule has 140 valence electrons. The van der Waals surface area contributed by atoms with Gasteiger partial charge in [0.15, 0.2) is 0 Å². The number of anilines is 1. The number of benzene rings is 2. The SMILES string of the molecule is O=C(Cc1ccc(C(F)(F)F)cc1)Nc1ccnn1Cc1ccccc1Br. The lowest BCUT2D eigenvalue weighted by Crippen LogP contribution is -2.18. The van der Waals surface area contributed by atoms with Crippen LogP contribution in [-0.2, 0) is 23.9 Å². The highest BCUT2D eigenvalue weighted by molar-refractivity contribution is 9.10. The fourth-order valence-corrected chi connectivity index (χ4v) is 2.95. The third kappa shape index (κ3) is 4.97. The summed E-state index contributed by atoms with van der Waals surface area (Å²) in [7, 11) is 0. The average Bonchev–Trinajstić information content (AvgIpc) is 3.03. The number of hydrogen-bond donors (Lipinski definition) is 1. The molecule has 0 saturated heterocycles. The summed E-state index contributed by atoms with van der Waals surface area (Å²) in [4.78, 5) is 12.2. The minimum Gasteiger partial charge on any atom is -0.311 e. The first-order valence-electron chi connectivity index (χ1n) is 8.04. The number of rotatable bonds is 5. The van der Waals surface area contributed by atoms with Gasteiger partial charge in [0, 0.05) is 10.5 Å². The van der Waals surface area contributed by atoms with E-state index in [9.17, 15) is 18.0 Å². The fourth-order valence-electron chi connectivity index (χ4n) is 2.54. The van der Waals surface area contributed by atoms with Crippen LogP contribution in [0.2, 0.25) is 0 Å². The van der Waals surface area contributed by atoms with Gasteiger partial charge in [0.1, 0.15) is 5.82 Å². The maximum Gasteiger partial charge on any atom is 0.416 e. The number of alkyl halides is 3. The zero-order valence-electron chi connectivity index (χ0n) is 14.0. The Labute approximate surface area is 162 Å². The first kappa shape index (κ1) is 19.2. The summed E-state index contributed by atoms with van der Waals surface area (Å²) in [6.45, 7) is 0.463. The minimum atomic E-state index is -4.39. The summed E-state index contributed by atoms with van der Waals surface area (Å²) in [5, 5.41) is 6.95. The van der Waals surface area contributed by atoms with Crippen molar-refractivity contribution in [1.82, 2.24) is 9.78 Å². The molecule has 1 N–H and O–H groups in total. The van der Waals surface area contributed by atoms with Gasteiger partial charge >= 0.3 is 6.18 Å². The van der Waals surface area contributed by atoms with Crippen molar-refractivity contribution in [3.63, 3.8) is 0 Å². The van der Waals surface area contributed by atoms with E-state index in [0.717, 1.165) is 22.2 Å². The molecule has 0 unspecified atom stereocenters. The maximum atomic E-state index is 12.6. The second kappa shape index (κ2) is 7.96. The van der Waals surface area contributed by atoms with Gasteiger partial charge in [0.25, 0.3) is 0 Å². The van der Waals surface area contributed by atoms with Crippen molar-refractivity contribution in [3.05, 3.63) is 82.0 Å². The fraction of sp³-hybridized carbons (Fsp3) is 0.158. The van der Waals surface area contributed by atoms with Gasteiger partial charge in [-0.1, -0.05) is 46.3 Å². The molecule has 0 fully saturated rings. The molecule has 0 saturated carbocycles. The minimum absolute atomic E-state index is 0.0294. The molecule has 1 heterocycles. The summed E-state index contributed by atoms with van der Waals surface area (Å²) < 4.78 is 40.4. The van der Waals surface area contributed by atoms with Crippen molar-refractivity contribution in [2.45, 2.75) is 19.1 Å². The second-order valence-electron chi connectivity index (χ2n) is 5.89. The highest BCUT2D eigenvalue weighted by atomic mass is 79.9. The van der Waals surface area contributed by atoms with Crippen LogP contribution in [0.3, 0.4) is 0 Å².